The largest absolute Gasteiger partial charge is 0.389 e. The first-order chi connectivity index (χ1) is 6.27. The summed E-state index contributed by atoms with van der Waals surface area (Å²) >= 11 is 0. The van der Waals surface area contributed by atoms with Crippen LogP contribution in [0.5, 0.6) is 0 Å². The zero-order valence-electron chi connectivity index (χ0n) is 7.47. The minimum atomic E-state index is -0.401. The summed E-state index contributed by atoms with van der Waals surface area (Å²) in [5, 5.41) is 0. The fraction of sp³-hybridized carbons (Fsp3) is 0.600. The van der Waals surface area contributed by atoms with Crippen LogP contribution < -0.4 is 0 Å². The van der Waals surface area contributed by atoms with Crippen molar-refractivity contribution in [3.8, 4) is 0 Å². The normalized spacial score (nSPS) is 23.7. The maximum Gasteiger partial charge on any atom is 0.342 e. The predicted molar refractivity (Wildman–Crippen MR) is 45.8 cm³/mol. The molecule has 3 heteroatoms. The van der Waals surface area contributed by atoms with Gasteiger partial charge in [0, 0.05) is 5.57 Å². The molecule has 0 spiro atoms. The van der Waals surface area contributed by atoms with E-state index in [4.69, 9.17) is 0 Å². The second-order valence-corrected chi connectivity index (χ2v) is 3.58. The Morgan fingerprint density at radius 2 is 1.69 bits per heavy atom. The fourth-order valence-electron chi connectivity index (χ4n) is 1.97. The van der Waals surface area contributed by atoms with E-state index in [0.717, 1.165) is 31.3 Å². The van der Waals surface area contributed by atoms with Gasteiger partial charge in [0.15, 0.2) is 0 Å². The maximum absolute atomic E-state index is 11.2. The van der Waals surface area contributed by atoms with Gasteiger partial charge >= 0.3 is 11.9 Å². The lowest BCUT2D eigenvalue weighted by Crippen LogP contribution is -2.03. The molecule has 1 saturated heterocycles. The summed E-state index contributed by atoms with van der Waals surface area (Å²) in [7, 11) is 0. The minimum absolute atomic E-state index is 0.203. The van der Waals surface area contributed by atoms with Gasteiger partial charge in [-0.2, -0.15) is 0 Å². The van der Waals surface area contributed by atoms with Gasteiger partial charge in [0.25, 0.3) is 0 Å². The average molecular weight is 180 g/mol. The fourth-order valence-corrected chi connectivity index (χ4v) is 1.97. The van der Waals surface area contributed by atoms with Crippen LogP contribution in [0.2, 0.25) is 0 Å². The highest BCUT2D eigenvalue weighted by Gasteiger charge is 2.30. The molecule has 0 aromatic heterocycles. The maximum atomic E-state index is 11.2. The zero-order chi connectivity index (χ0) is 9.26. The van der Waals surface area contributed by atoms with Crippen molar-refractivity contribution in [1.29, 1.82) is 0 Å². The van der Waals surface area contributed by atoms with Crippen LogP contribution in [0.15, 0.2) is 11.1 Å². The van der Waals surface area contributed by atoms with Crippen LogP contribution in [0.3, 0.4) is 0 Å². The molecule has 0 aromatic rings. The molecule has 2 rings (SSSR count). The number of carbonyl (C=O) groups is 2. The molecule has 2 aliphatic rings. The van der Waals surface area contributed by atoms with Crippen LogP contribution in [0.25, 0.3) is 0 Å². The third-order valence-electron chi connectivity index (χ3n) is 2.66. The molecule has 1 saturated carbocycles. The molecule has 13 heavy (non-hydrogen) atoms. The molecule has 2 fully saturated rings. The van der Waals surface area contributed by atoms with E-state index in [9.17, 15) is 9.59 Å². The Kier molecular flexibility index (Phi) is 2.17. The molecule has 0 atom stereocenters. The lowest BCUT2D eigenvalue weighted by Gasteiger charge is -2.14. The van der Waals surface area contributed by atoms with Gasteiger partial charge in [-0.25, -0.2) is 4.79 Å². The van der Waals surface area contributed by atoms with E-state index in [-0.39, 0.29) is 6.42 Å². The molecule has 1 heterocycles. The Labute approximate surface area is 76.8 Å². The first kappa shape index (κ1) is 8.48. The van der Waals surface area contributed by atoms with Gasteiger partial charge in [-0.1, -0.05) is 12.0 Å². The van der Waals surface area contributed by atoms with Crippen LogP contribution in [0.1, 0.15) is 38.5 Å². The van der Waals surface area contributed by atoms with E-state index in [1.807, 2.05) is 0 Å². The van der Waals surface area contributed by atoms with Crippen LogP contribution >= 0.6 is 0 Å². The molecule has 0 N–H and O–H groups in total. The Hall–Kier alpha value is -1.12. The summed E-state index contributed by atoms with van der Waals surface area (Å²) in [6, 6.07) is 0. The molecule has 0 radical (unpaired) electrons. The van der Waals surface area contributed by atoms with Gasteiger partial charge in [0.05, 0.1) is 6.42 Å². The van der Waals surface area contributed by atoms with E-state index in [1.165, 1.54) is 6.42 Å². The van der Waals surface area contributed by atoms with Gasteiger partial charge < -0.3 is 4.74 Å². The van der Waals surface area contributed by atoms with E-state index >= 15 is 0 Å². The van der Waals surface area contributed by atoms with Crippen molar-refractivity contribution in [2.24, 2.45) is 0 Å². The smallest absolute Gasteiger partial charge is 0.342 e. The Morgan fingerprint density at radius 3 is 2.23 bits per heavy atom. The first-order valence-electron chi connectivity index (χ1n) is 4.73. The molecule has 0 aromatic carbocycles. The highest BCUT2D eigenvalue weighted by atomic mass is 16.6. The average Bonchev–Trinajstić information content (AvgIpc) is 2.47. The van der Waals surface area contributed by atoms with E-state index in [2.05, 4.69) is 4.74 Å². The van der Waals surface area contributed by atoms with Crippen LogP contribution in [0.4, 0.5) is 0 Å². The van der Waals surface area contributed by atoms with Crippen LogP contribution in [-0.2, 0) is 14.3 Å². The molecule has 0 bridgehead atoms. The molecule has 1 aliphatic carbocycles. The first-order valence-corrected chi connectivity index (χ1v) is 4.73. The summed E-state index contributed by atoms with van der Waals surface area (Å²) in [6.07, 6.45) is 5.66. The summed E-state index contributed by atoms with van der Waals surface area (Å²) in [5.41, 5.74) is 1.80. The third kappa shape index (κ3) is 1.64. The monoisotopic (exact) mass is 180 g/mol. The number of hydrogen-bond acceptors (Lipinski definition) is 3. The minimum Gasteiger partial charge on any atom is -0.389 e. The molecule has 0 amide bonds. The number of ether oxygens (including phenoxy) is 1. The molecule has 3 nitrogen and oxygen atoms in total. The van der Waals surface area contributed by atoms with Gasteiger partial charge in [0.1, 0.15) is 0 Å². The summed E-state index contributed by atoms with van der Waals surface area (Å²) in [4.78, 5) is 22.0. The molecule has 1 aliphatic heterocycles. The summed E-state index contributed by atoms with van der Waals surface area (Å²) in [6.45, 7) is 0. The highest BCUT2D eigenvalue weighted by molar-refractivity contribution is 6.06. The quantitative estimate of drug-likeness (QED) is 0.324. The number of rotatable bonds is 0. The Morgan fingerprint density at radius 1 is 1.00 bits per heavy atom. The van der Waals surface area contributed by atoms with Crippen molar-refractivity contribution in [3.63, 3.8) is 0 Å². The lowest BCUT2D eigenvalue weighted by atomic mass is 9.90. The lowest BCUT2D eigenvalue weighted by molar-refractivity contribution is -0.151. The van der Waals surface area contributed by atoms with Gasteiger partial charge in [0.2, 0.25) is 0 Å². The molecule has 70 valence electrons. The second kappa shape index (κ2) is 3.32. The van der Waals surface area contributed by atoms with Gasteiger partial charge in [-0.3, -0.25) is 4.79 Å². The second-order valence-electron chi connectivity index (χ2n) is 3.58. The van der Waals surface area contributed by atoms with E-state index < -0.39 is 11.9 Å². The van der Waals surface area contributed by atoms with Crippen molar-refractivity contribution in [1.82, 2.24) is 0 Å². The summed E-state index contributed by atoms with van der Waals surface area (Å²) in [5.74, 6) is -0.792. The summed E-state index contributed by atoms with van der Waals surface area (Å²) < 4.78 is 4.49. The number of carbonyl (C=O) groups excluding carboxylic acids is 2. The predicted octanol–water partition coefficient (Wildman–Crippen LogP) is 1.72. The van der Waals surface area contributed by atoms with Crippen molar-refractivity contribution in [2.75, 3.05) is 0 Å². The number of allylic oxidation sites excluding steroid dienone is 1. The molecular weight excluding hydrogens is 168 g/mol. The van der Waals surface area contributed by atoms with Crippen molar-refractivity contribution < 1.29 is 14.3 Å². The Balaban J connectivity index is 2.21. The van der Waals surface area contributed by atoms with Crippen molar-refractivity contribution >= 4 is 11.9 Å². The SMILES string of the molecule is O=C1CC(=C2CCCCC2)C(=O)O1. The van der Waals surface area contributed by atoms with Crippen molar-refractivity contribution in [3.05, 3.63) is 11.1 Å². The Bertz CT molecular complexity index is 281. The van der Waals surface area contributed by atoms with E-state index in [0.29, 0.717) is 5.57 Å². The van der Waals surface area contributed by atoms with Crippen LogP contribution in [0, 0.1) is 0 Å². The van der Waals surface area contributed by atoms with Crippen molar-refractivity contribution in [2.45, 2.75) is 38.5 Å². The molecular formula is C10H12O3. The topological polar surface area (TPSA) is 43.4 Å². The standard InChI is InChI=1S/C10H12O3/c11-9-6-8(10(12)13-9)7-4-2-1-3-5-7/h1-6H2. The van der Waals surface area contributed by atoms with Gasteiger partial charge in [-0.15, -0.1) is 0 Å². The number of cyclic esters (lactones) is 2. The number of hydrogen-bond donors (Lipinski definition) is 0. The van der Waals surface area contributed by atoms with Gasteiger partial charge in [-0.05, 0) is 25.7 Å². The van der Waals surface area contributed by atoms with E-state index in [1.54, 1.807) is 0 Å². The van der Waals surface area contributed by atoms with Crippen LogP contribution in [-0.4, -0.2) is 11.9 Å². The number of esters is 2. The third-order valence-corrected chi connectivity index (χ3v) is 2.66. The molecule has 0 unspecified atom stereocenters. The zero-order valence-corrected chi connectivity index (χ0v) is 7.47. The highest BCUT2D eigenvalue weighted by Crippen LogP contribution is 2.30.